The van der Waals surface area contributed by atoms with Crippen molar-refractivity contribution in [1.82, 2.24) is 29.6 Å². The molecule has 2 fully saturated rings. The fraction of sp³-hybridized carbons (Fsp3) is 0.500. The summed E-state index contributed by atoms with van der Waals surface area (Å²) in [6.45, 7) is 8.93. The van der Waals surface area contributed by atoms with Gasteiger partial charge in [0.15, 0.2) is 0 Å². The Kier molecular flexibility index (Phi) is 11.4. The summed E-state index contributed by atoms with van der Waals surface area (Å²) >= 11 is 0. The van der Waals surface area contributed by atoms with E-state index >= 15 is 0 Å². The molecule has 0 saturated carbocycles. The molecule has 0 aliphatic carbocycles. The number of imidazole rings is 1. The van der Waals surface area contributed by atoms with Gasteiger partial charge in [0.05, 0.1) is 26.1 Å². The number of piperidine rings is 1. The highest BCUT2D eigenvalue weighted by Gasteiger charge is 2.54. The molecule has 48 heavy (non-hydrogen) atoms. The number of carbonyl (C=O) groups is 3. The van der Waals surface area contributed by atoms with Gasteiger partial charge in [-0.05, 0) is 55.8 Å². The summed E-state index contributed by atoms with van der Waals surface area (Å²) in [4.78, 5) is 54.2. The second-order valence-corrected chi connectivity index (χ2v) is 12.8. The summed E-state index contributed by atoms with van der Waals surface area (Å²) in [5.74, 6) is 0.244. The Balaban J connectivity index is 1.33. The molecule has 3 amide bonds. The van der Waals surface area contributed by atoms with Crippen molar-refractivity contribution in [2.45, 2.75) is 57.2 Å². The predicted molar refractivity (Wildman–Crippen MR) is 185 cm³/mol. The average Bonchev–Trinajstić information content (AvgIpc) is 3.64. The molecule has 12 nitrogen and oxygen atoms in total. The van der Waals surface area contributed by atoms with Crippen LogP contribution in [-0.2, 0) is 34.3 Å². The van der Waals surface area contributed by atoms with Gasteiger partial charge in [0.2, 0.25) is 17.7 Å². The van der Waals surface area contributed by atoms with Gasteiger partial charge in [0.25, 0.3) is 0 Å². The Hall–Kier alpha value is -4.42. The number of aryl methyl sites for hydroxylation is 1. The molecule has 5 rings (SSSR count). The maximum Gasteiger partial charge on any atom is 0.250 e. The fourth-order valence-corrected chi connectivity index (χ4v) is 6.87. The molecular formula is C36H50N8O4. The Morgan fingerprint density at radius 2 is 1.73 bits per heavy atom. The van der Waals surface area contributed by atoms with Crippen LogP contribution in [0.15, 0.2) is 67.1 Å². The molecule has 12 heteroatoms. The maximum atomic E-state index is 14.2. The minimum absolute atomic E-state index is 0.120. The topological polar surface area (TPSA) is 129 Å². The number of methoxy groups -OCH3 is 1. The molecule has 0 bridgehead atoms. The van der Waals surface area contributed by atoms with Crippen LogP contribution in [0.3, 0.4) is 0 Å². The van der Waals surface area contributed by atoms with Crippen LogP contribution in [0.2, 0.25) is 0 Å². The molecule has 3 N–H and O–H groups in total. The first-order chi connectivity index (χ1) is 23.2. The zero-order chi connectivity index (χ0) is 34.3. The lowest BCUT2D eigenvalue weighted by Crippen LogP contribution is -2.60. The zero-order valence-electron chi connectivity index (χ0n) is 28.7. The number of benzene rings is 2. The number of hydrogen-bond donors (Lipinski definition) is 2. The molecule has 2 saturated heterocycles. The van der Waals surface area contributed by atoms with Crippen molar-refractivity contribution in [3.63, 3.8) is 0 Å². The molecule has 258 valence electrons. The molecule has 1 unspecified atom stereocenters. The monoisotopic (exact) mass is 658 g/mol. The smallest absolute Gasteiger partial charge is 0.250 e. The number of likely N-dealkylation sites (tertiary alicyclic amines) is 1. The quantitative estimate of drug-likeness (QED) is 0.269. The highest BCUT2D eigenvalue weighted by molar-refractivity contribution is 5.94. The van der Waals surface area contributed by atoms with Crippen LogP contribution in [0.25, 0.3) is 0 Å². The average molecular weight is 659 g/mol. The van der Waals surface area contributed by atoms with Crippen molar-refractivity contribution in [3.05, 3.63) is 78.4 Å². The standard InChI is InChI=1S/C36H50N8O4/c1-5-41(6-2)20-21-43-26-44(28-10-8-7-9-11-28)36(35(43)47)16-18-42(19-17-36)34(46)32(22-27-12-14-30(48-4)15-13-27)39-33(45)31(37)23-29-24-38-25-40(29)3/h7-15,24-25,31-32H,5-6,16-23,26,37H2,1-4H3,(H,39,45)/t31?,32-/m1/s1. The van der Waals surface area contributed by atoms with Crippen LogP contribution in [0.1, 0.15) is 37.9 Å². The molecule has 2 aliphatic heterocycles. The van der Waals surface area contributed by atoms with Gasteiger partial charge < -0.3 is 40.0 Å². The number of para-hydroxylation sites is 1. The number of nitrogens with zero attached hydrogens (tertiary/aromatic N) is 6. The van der Waals surface area contributed by atoms with Crippen molar-refractivity contribution in [2.24, 2.45) is 12.8 Å². The molecule has 2 aliphatic rings. The van der Waals surface area contributed by atoms with Crippen LogP contribution in [-0.4, -0.2) is 113 Å². The molecule has 3 heterocycles. The second-order valence-electron chi connectivity index (χ2n) is 12.8. The summed E-state index contributed by atoms with van der Waals surface area (Å²) in [6.07, 6.45) is 4.93. The lowest BCUT2D eigenvalue weighted by molar-refractivity contribution is -0.141. The van der Waals surface area contributed by atoms with E-state index in [0.717, 1.165) is 36.6 Å². The summed E-state index contributed by atoms with van der Waals surface area (Å²) < 4.78 is 7.13. The lowest BCUT2D eigenvalue weighted by Gasteiger charge is -2.44. The van der Waals surface area contributed by atoms with E-state index in [1.165, 1.54) is 0 Å². The molecule has 1 aromatic heterocycles. The van der Waals surface area contributed by atoms with Gasteiger partial charge in [0, 0.05) is 63.6 Å². The van der Waals surface area contributed by atoms with E-state index < -0.39 is 23.5 Å². The summed E-state index contributed by atoms with van der Waals surface area (Å²) in [6, 6.07) is 15.9. The summed E-state index contributed by atoms with van der Waals surface area (Å²) in [7, 11) is 3.46. The van der Waals surface area contributed by atoms with E-state index in [2.05, 4.69) is 46.1 Å². The number of nitrogens with two attached hydrogens (primary N) is 1. The maximum absolute atomic E-state index is 14.2. The zero-order valence-corrected chi connectivity index (χ0v) is 28.7. The van der Waals surface area contributed by atoms with E-state index in [4.69, 9.17) is 10.5 Å². The molecule has 2 atom stereocenters. The van der Waals surface area contributed by atoms with Crippen LogP contribution < -0.4 is 20.7 Å². The Bertz CT molecular complexity index is 1520. The Labute approximate surface area is 283 Å². The molecule has 2 aromatic carbocycles. The first-order valence-electron chi connectivity index (χ1n) is 17.0. The number of hydrogen-bond acceptors (Lipinski definition) is 8. The van der Waals surface area contributed by atoms with Crippen LogP contribution in [0.4, 0.5) is 5.69 Å². The summed E-state index contributed by atoms with van der Waals surface area (Å²) in [5.41, 5.74) is 8.31. The number of carbonyl (C=O) groups excluding carboxylic acids is 3. The van der Waals surface area contributed by atoms with E-state index in [1.807, 2.05) is 59.0 Å². The number of ether oxygens (including phenoxy) is 1. The summed E-state index contributed by atoms with van der Waals surface area (Å²) in [5, 5.41) is 2.97. The van der Waals surface area contributed by atoms with Gasteiger partial charge in [-0.2, -0.15) is 0 Å². The van der Waals surface area contributed by atoms with E-state index in [9.17, 15) is 14.4 Å². The van der Waals surface area contributed by atoms with Gasteiger partial charge in [-0.1, -0.05) is 44.2 Å². The van der Waals surface area contributed by atoms with Crippen LogP contribution >= 0.6 is 0 Å². The number of aromatic nitrogens is 2. The fourth-order valence-electron chi connectivity index (χ4n) is 6.87. The highest BCUT2D eigenvalue weighted by atomic mass is 16.5. The SMILES string of the molecule is CCN(CC)CCN1CN(c2ccccc2)C2(CCN(C(=O)[C@@H](Cc3ccc(OC)cc3)NC(=O)C(N)Cc3cncn3C)CC2)C1=O. The van der Waals surface area contributed by atoms with Crippen LogP contribution in [0, 0.1) is 0 Å². The van der Waals surface area contributed by atoms with Crippen molar-refractivity contribution in [3.8, 4) is 5.75 Å². The number of rotatable bonds is 14. The largest absolute Gasteiger partial charge is 0.497 e. The third-order valence-corrected chi connectivity index (χ3v) is 9.96. The van der Waals surface area contributed by atoms with Gasteiger partial charge in [-0.25, -0.2) is 4.98 Å². The minimum Gasteiger partial charge on any atom is -0.497 e. The third-order valence-electron chi connectivity index (χ3n) is 9.96. The predicted octanol–water partition coefficient (Wildman–Crippen LogP) is 2.04. The second kappa shape index (κ2) is 15.7. The van der Waals surface area contributed by atoms with Gasteiger partial charge in [-0.15, -0.1) is 0 Å². The number of likely N-dealkylation sites (N-methyl/N-ethyl adjacent to an activating group) is 1. The Morgan fingerprint density at radius 3 is 2.33 bits per heavy atom. The first-order valence-corrected chi connectivity index (χ1v) is 17.0. The molecular weight excluding hydrogens is 608 g/mol. The van der Waals surface area contributed by atoms with Gasteiger partial charge >= 0.3 is 0 Å². The first kappa shape index (κ1) is 34.9. The van der Waals surface area contributed by atoms with Crippen molar-refractivity contribution in [2.75, 3.05) is 57.9 Å². The van der Waals surface area contributed by atoms with E-state index in [-0.39, 0.29) is 11.8 Å². The van der Waals surface area contributed by atoms with Gasteiger partial charge in [0.1, 0.15) is 17.3 Å². The Morgan fingerprint density at radius 1 is 1.04 bits per heavy atom. The number of anilines is 1. The van der Waals surface area contributed by atoms with Crippen molar-refractivity contribution < 1.29 is 19.1 Å². The molecule has 1 spiro atoms. The molecule has 3 aromatic rings. The van der Waals surface area contributed by atoms with Crippen molar-refractivity contribution >= 4 is 23.4 Å². The lowest BCUT2D eigenvalue weighted by atomic mass is 9.85. The third kappa shape index (κ3) is 7.65. The minimum atomic E-state index is -0.853. The molecule has 0 radical (unpaired) electrons. The van der Waals surface area contributed by atoms with Gasteiger partial charge in [-0.3, -0.25) is 14.4 Å². The van der Waals surface area contributed by atoms with E-state index in [0.29, 0.717) is 57.7 Å². The van der Waals surface area contributed by atoms with Crippen LogP contribution in [0.5, 0.6) is 5.75 Å². The van der Waals surface area contributed by atoms with E-state index in [1.54, 1.807) is 24.5 Å². The number of amides is 3. The normalized spacial score (nSPS) is 17.2. The highest BCUT2D eigenvalue weighted by Crippen LogP contribution is 2.39. The van der Waals surface area contributed by atoms with Crippen molar-refractivity contribution in [1.29, 1.82) is 0 Å². The number of nitrogens with one attached hydrogen (secondary N) is 1.